The van der Waals surface area contributed by atoms with Crippen LogP contribution in [0.25, 0.3) is 0 Å². The van der Waals surface area contributed by atoms with Crippen molar-refractivity contribution >= 4 is 45.0 Å². The summed E-state index contributed by atoms with van der Waals surface area (Å²) in [5, 5.41) is 0.286. The van der Waals surface area contributed by atoms with Crippen LogP contribution in [0.15, 0.2) is 71.6 Å². The maximum atomic E-state index is 13.6. The second kappa shape index (κ2) is 8.76. The van der Waals surface area contributed by atoms with Gasteiger partial charge in [0, 0.05) is 10.6 Å². The zero-order valence-electron chi connectivity index (χ0n) is 17.7. The zero-order valence-corrected chi connectivity index (χ0v) is 19.3. The second-order valence-electron chi connectivity index (χ2n) is 7.10. The van der Waals surface area contributed by atoms with Crippen LogP contribution in [0.4, 0.5) is 16.2 Å². The number of carbonyl (C=O) groups excluding carboxylic acids is 2. The molecule has 0 radical (unpaired) electrons. The molecule has 8 nitrogen and oxygen atoms in total. The van der Waals surface area contributed by atoms with E-state index in [1.165, 1.54) is 37.3 Å². The fourth-order valence-corrected chi connectivity index (χ4v) is 5.40. The summed E-state index contributed by atoms with van der Waals surface area (Å²) in [7, 11) is -1.46. The van der Waals surface area contributed by atoms with Crippen LogP contribution in [0.2, 0.25) is 5.02 Å². The number of urea groups is 1. The molecule has 0 unspecified atom stereocenters. The van der Waals surface area contributed by atoms with E-state index < -0.39 is 22.0 Å². The average molecular weight is 487 g/mol. The topological polar surface area (TPSA) is 93.2 Å². The predicted molar refractivity (Wildman–Crippen MR) is 123 cm³/mol. The third-order valence-corrected chi connectivity index (χ3v) is 7.14. The van der Waals surface area contributed by atoms with Crippen LogP contribution < -0.4 is 13.9 Å². The monoisotopic (exact) mass is 486 g/mol. The van der Waals surface area contributed by atoms with E-state index in [0.29, 0.717) is 11.3 Å². The standard InChI is InChI=1S/C23H19ClN2O6S/c1-31-20-11-10-15(22(27)32-2)12-16(20)14-25-19-8-3-4-9-21(19)33(29,30)26(23(25)28)18-7-5-6-17(24)13-18/h3-13H,14H2,1-2H3. The molecule has 170 valence electrons. The molecule has 0 aromatic heterocycles. The third-order valence-electron chi connectivity index (χ3n) is 5.15. The minimum atomic E-state index is -4.19. The van der Waals surface area contributed by atoms with Crippen LogP contribution in [0.1, 0.15) is 15.9 Å². The molecule has 0 aliphatic carbocycles. The molecule has 1 aliphatic heterocycles. The van der Waals surface area contributed by atoms with Crippen molar-refractivity contribution in [3.63, 3.8) is 0 Å². The number of esters is 1. The molecule has 0 saturated heterocycles. The van der Waals surface area contributed by atoms with Gasteiger partial charge >= 0.3 is 12.0 Å². The van der Waals surface area contributed by atoms with Crippen molar-refractivity contribution in [3.8, 4) is 5.75 Å². The Morgan fingerprint density at radius 1 is 1.00 bits per heavy atom. The minimum Gasteiger partial charge on any atom is -0.496 e. The summed E-state index contributed by atoms with van der Waals surface area (Å²) in [4.78, 5) is 26.9. The van der Waals surface area contributed by atoms with Crippen LogP contribution in [0.5, 0.6) is 5.75 Å². The first kappa shape index (κ1) is 22.6. The van der Waals surface area contributed by atoms with Crippen molar-refractivity contribution in [3.05, 3.63) is 82.9 Å². The fourth-order valence-electron chi connectivity index (χ4n) is 3.63. The molecule has 33 heavy (non-hydrogen) atoms. The van der Waals surface area contributed by atoms with Gasteiger partial charge in [0.2, 0.25) is 0 Å². The van der Waals surface area contributed by atoms with Gasteiger partial charge < -0.3 is 9.47 Å². The highest BCUT2D eigenvalue weighted by Gasteiger charge is 2.42. The molecule has 1 aliphatic rings. The third kappa shape index (κ3) is 4.01. The van der Waals surface area contributed by atoms with Crippen LogP contribution in [0, 0.1) is 0 Å². The number of halogens is 1. The van der Waals surface area contributed by atoms with Gasteiger partial charge in [0.25, 0.3) is 10.0 Å². The summed E-state index contributed by atoms with van der Waals surface area (Å²) in [5.74, 6) is -0.122. The number of benzene rings is 3. The first-order valence-corrected chi connectivity index (χ1v) is 11.6. The highest BCUT2D eigenvalue weighted by Crippen LogP contribution is 2.39. The lowest BCUT2D eigenvalue weighted by Crippen LogP contribution is -2.50. The van der Waals surface area contributed by atoms with Gasteiger partial charge in [0.05, 0.1) is 37.7 Å². The Kier molecular flexibility index (Phi) is 6.01. The van der Waals surface area contributed by atoms with Crippen LogP contribution in [-0.2, 0) is 21.3 Å². The number of ether oxygens (including phenoxy) is 2. The maximum Gasteiger partial charge on any atom is 0.343 e. The largest absolute Gasteiger partial charge is 0.496 e. The SMILES string of the molecule is COC(=O)c1ccc(OC)c(CN2C(=O)N(c3cccc(Cl)c3)S(=O)(=O)c3ccccc32)c1. The molecule has 0 spiro atoms. The molecule has 2 amide bonds. The van der Waals surface area contributed by atoms with Crippen LogP contribution >= 0.6 is 11.6 Å². The van der Waals surface area contributed by atoms with E-state index in [2.05, 4.69) is 0 Å². The van der Waals surface area contributed by atoms with Crippen LogP contribution in [-0.4, -0.2) is 34.6 Å². The number of hydrogen-bond donors (Lipinski definition) is 0. The average Bonchev–Trinajstić information content (AvgIpc) is 2.81. The lowest BCUT2D eigenvalue weighted by atomic mass is 10.1. The highest BCUT2D eigenvalue weighted by molar-refractivity contribution is 7.94. The predicted octanol–water partition coefficient (Wildman–Crippen LogP) is 4.47. The van der Waals surface area contributed by atoms with Crippen LogP contribution in [0.3, 0.4) is 0 Å². The lowest BCUT2D eigenvalue weighted by Gasteiger charge is -2.36. The van der Waals surface area contributed by atoms with Gasteiger partial charge in [-0.25, -0.2) is 18.0 Å². The summed E-state index contributed by atoms with van der Waals surface area (Å²) in [6.45, 7) is -0.0591. The summed E-state index contributed by atoms with van der Waals surface area (Å²) < 4.78 is 37.7. The quantitative estimate of drug-likeness (QED) is 0.494. The van der Waals surface area contributed by atoms with Crippen molar-refractivity contribution < 1.29 is 27.5 Å². The van der Waals surface area contributed by atoms with Gasteiger partial charge in [-0.05, 0) is 48.5 Å². The molecule has 0 atom stereocenters. The van der Waals surface area contributed by atoms with Gasteiger partial charge in [-0.3, -0.25) is 4.90 Å². The second-order valence-corrected chi connectivity index (χ2v) is 9.30. The Bertz CT molecular complexity index is 1360. The molecule has 4 rings (SSSR count). The number of para-hydroxylation sites is 1. The van der Waals surface area contributed by atoms with Gasteiger partial charge in [0.15, 0.2) is 0 Å². The van der Waals surface area contributed by atoms with E-state index in [9.17, 15) is 18.0 Å². The van der Waals surface area contributed by atoms with E-state index in [-0.39, 0.29) is 33.4 Å². The number of anilines is 2. The summed E-state index contributed by atoms with van der Waals surface area (Å²) in [6, 6.07) is 16.2. The number of methoxy groups -OCH3 is 2. The Hall–Kier alpha value is -3.56. The van der Waals surface area contributed by atoms with Crippen molar-refractivity contribution in [1.29, 1.82) is 0 Å². The Balaban J connectivity index is 1.87. The number of amides is 2. The number of rotatable bonds is 5. The molecule has 0 fully saturated rings. The Morgan fingerprint density at radius 2 is 1.76 bits per heavy atom. The lowest BCUT2D eigenvalue weighted by molar-refractivity contribution is 0.0600. The number of sulfonamides is 1. The molecular formula is C23H19ClN2O6S. The number of fused-ring (bicyclic) bond motifs is 1. The van der Waals surface area contributed by atoms with E-state index in [4.69, 9.17) is 21.1 Å². The molecular weight excluding hydrogens is 468 g/mol. The molecule has 0 bridgehead atoms. The summed E-state index contributed by atoms with van der Waals surface area (Å²) >= 11 is 6.06. The van der Waals surface area contributed by atoms with Crippen molar-refractivity contribution in [2.75, 3.05) is 23.4 Å². The number of hydrogen-bond acceptors (Lipinski definition) is 6. The first-order chi connectivity index (χ1) is 15.8. The molecule has 1 heterocycles. The molecule has 0 saturated carbocycles. The van der Waals surface area contributed by atoms with E-state index >= 15 is 0 Å². The van der Waals surface area contributed by atoms with E-state index in [0.717, 1.165) is 4.31 Å². The maximum absolute atomic E-state index is 13.6. The first-order valence-electron chi connectivity index (χ1n) is 9.74. The zero-order chi connectivity index (χ0) is 23.8. The molecule has 0 N–H and O–H groups in total. The van der Waals surface area contributed by atoms with E-state index in [1.807, 2.05) is 0 Å². The van der Waals surface area contributed by atoms with Crippen molar-refractivity contribution in [1.82, 2.24) is 0 Å². The number of nitrogens with zero attached hydrogens (tertiary/aromatic N) is 2. The van der Waals surface area contributed by atoms with Gasteiger partial charge in [-0.1, -0.05) is 29.8 Å². The van der Waals surface area contributed by atoms with Gasteiger partial charge in [-0.15, -0.1) is 0 Å². The summed E-state index contributed by atoms with van der Waals surface area (Å²) in [5.41, 5.74) is 1.09. The molecule has 3 aromatic rings. The Labute approximate surface area is 195 Å². The molecule has 3 aromatic carbocycles. The van der Waals surface area contributed by atoms with Gasteiger partial charge in [0.1, 0.15) is 10.6 Å². The normalized spacial score (nSPS) is 14.6. The summed E-state index contributed by atoms with van der Waals surface area (Å²) in [6.07, 6.45) is 0. The number of carbonyl (C=O) groups is 2. The van der Waals surface area contributed by atoms with E-state index in [1.54, 1.807) is 48.5 Å². The fraction of sp³-hybridized carbons (Fsp3) is 0.130. The Morgan fingerprint density at radius 3 is 2.45 bits per heavy atom. The van der Waals surface area contributed by atoms with Crippen molar-refractivity contribution in [2.24, 2.45) is 0 Å². The smallest absolute Gasteiger partial charge is 0.343 e. The van der Waals surface area contributed by atoms with Gasteiger partial charge in [-0.2, -0.15) is 4.31 Å². The highest BCUT2D eigenvalue weighted by atomic mass is 35.5. The van der Waals surface area contributed by atoms with Crippen molar-refractivity contribution in [2.45, 2.75) is 11.4 Å². The minimum absolute atomic E-state index is 0.0346. The molecule has 10 heteroatoms.